The Hall–Kier alpha value is -2.40. The number of benzene rings is 2. The van der Waals surface area contributed by atoms with Crippen LogP contribution >= 0.6 is 0 Å². The topological polar surface area (TPSA) is 72.6 Å². The smallest absolute Gasteiger partial charge is 0.270 e. The fraction of sp³-hybridized carbons (Fsp3) is 0.200. The Balaban J connectivity index is 2.17. The van der Waals surface area contributed by atoms with Gasteiger partial charge in [-0.15, -0.1) is 0 Å². The number of nitrogens with zero attached hydrogens (tertiary/aromatic N) is 1. The van der Waals surface area contributed by atoms with Gasteiger partial charge in [0, 0.05) is 17.7 Å². The van der Waals surface area contributed by atoms with Gasteiger partial charge < -0.3 is 9.84 Å². The monoisotopic (exact) mass is 273 g/mol. The lowest BCUT2D eigenvalue weighted by molar-refractivity contribution is -0.385. The highest BCUT2D eigenvalue weighted by Crippen LogP contribution is 2.25. The summed E-state index contributed by atoms with van der Waals surface area (Å²) in [7, 11) is 0. The van der Waals surface area contributed by atoms with Crippen molar-refractivity contribution in [1.29, 1.82) is 0 Å². The van der Waals surface area contributed by atoms with Crippen molar-refractivity contribution < 1.29 is 14.8 Å². The molecule has 0 unspecified atom stereocenters. The highest BCUT2D eigenvalue weighted by Gasteiger charge is 2.11. The van der Waals surface area contributed by atoms with Crippen molar-refractivity contribution in [3.05, 3.63) is 69.3 Å². The van der Waals surface area contributed by atoms with Gasteiger partial charge in [-0.3, -0.25) is 10.1 Å². The van der Waals surface area contributed by atoms with Gasteiger partial charge in [0.2, 0.25) is 0 Å². The molecule has 0 amide bonds. The normalized spacial score (nSPS) is 10.3. The summed E-state index contributed by atoms with van der Waals surface area (Å²) in [5.41, 5.74) is 2.50. The van der Waals surface area contributed by atoms with Crippen LogP contribution < -0.4 is 4.74 Å². The van der Waals surface area contributed by atoms with Gasteiger partial charge >= 0.3 is 0 Å². The molecule has 0 atom stereocenters. The highest BCUT2D eigenvalue weighted by atomic mass is 16.6. The Bertz CT molecular complexity index is 625. The van der Waals surface area contributed by atoms with Crippen LogP contribution in [0.5, 0.6) is 5.75 Å². The third kappa shape index (κ3) is 3.13. The average molecular weight is 273 g/mol. The number of non-ortho nitro benzene ring substituents is 1. The molecule has 0 aliphatic carbocycles. The van der Waals surface area contributed by atoms with Gasteiger partial charge in [0.05, 0.1) is 11.5 Å². The zero-order chi connectivity index (χ0) is 14.5. The van der Waals surface area contributed by atoms with Crippen LogP contribution in [0.25, 0.3) is 0 Å². The summed E-state index contributed by atoms with van der Waals surface area (Å²) < 4.78 is 5.65. The molecule has 5 nitrogen and oxygen atoms in total. The second kappa shape index (κ2) is 6.16. The van der Waals surface area contributed by atoms with Crippen molar-refractivity contribution in [2.45, 2.75) is 20.1 Å². The van der Waals surface area contributed by atoms with Crippen molar-refractivity contribution in [2.75, 3.05) is 0 Å². The number of aliphatic hydroxyl groups is 1. The summed E-state index contributed by atoms with van der Waals surface area (Å²) in [4.78, 5) is 10.2. The van der Waals surface area contributed by atoms with Gasteiger partial charge in [-0.25, -0.2) is 0 Å². The first-order valence-electron chi connectivity index (χ1n) is 6.17. The first-order valence-corrected chi connectivity index (χ1v) is 6.17. The van der Waals surface area contributed by atoms with Crippen LogP contribution in [0.2, 0.25) is 0 Å². The molecule has 5 heteroatoms. The SMILES string of the molecule is Cc1ccccc1COc1ccc([N+](=O)[O-])cc1CO. The maximum atomic E-state index is 10.7. The lowest BCUT2D eigenvalue weighted by atomic mass is 10.1. The van der Waals surface area contributed by atoms with Crippen LogP contribution in [-0.4, -0.2) is 10.0 Å². The molecule has 2 aromatic rings. The quantitative estimate of drug-likeness (QED) is 0.671. The van der Waals surface area contributed by atoms with E-state index in [4.69, 9.17) is 4.74 Å². The van der Waals surface area contributed by atoms with Crippen molar-refractivity contribution in [2.24, 2.45) is 0 Å². The summed E-state index contributed by atoms with van der Waals surface area (Å²) in [5, 5.41) is 20.0. The number of nitro benzene ring substituents is 1. The second-order valence-electron chi connectivity index (χ2n) is 4.42. The van der Waals surface area contributed by atoms with Crippen LogP contribution in [-0.2, 0) is 13.2 Å². The molecular weight excluding hydrogens is 258 g/mol. The Labute approximate surface area is 116 Å². The summed E-state index contributed by atoms with van der Waals surface area (Å²) in [5.74, 6) is 0.460. The van der Waals surface area contributed by atoms with E-state index >= 15 is 0 Å². The fourth-order valence-electron chi connectivity index (χ4n) is 1.87. The van der Waals surface area contributed by atoms with Crippen molar-refractivity contribution in [3.63, 3.8) is 0 Å². The van der Waals surface area contributed by atoms with E-state index in [1.807, 2.05) is 31.2 Å². The third-order valence-corrected chi connectivity index (χ3v) is 3.07. The van der Waals surface area contributed by atoms with Crippen molar-refractivity contribution in [3.8, 4) is 5.75 Å². The van der Waals surface area contributed by atoms with Gasteiger partial charge in [0.15, 0.2) is 0 Å². The van der Waals surface area contributed by atoms with E-state index in [1.54, 1.807) is 0 Å². The number of hydrogen-bond acceptors (Lipinski definition) is 4. The van der Waals surface area contributed by atoms with Crippen LogP contribution in [0.15, 0.2) is 42.5 Å². The Morgan fingerprint density at radius 3 is 2.60 bits per heavy atom. The van der Waals surface area contributed by atoms with Crippen LogP contribution in [0, 0.1) is 17.0 Å². The van der Waals surface area contributed by atoms with Crippen molar-refractivity contribution in [1.82, 2.24) is 0 Å². The molecule has 2 aromatic carbocycles. The molecule has 0 aliphatic rings. The van der Waals surface area contributed by atoms with E-state index < -0.39 is 4.92 Å². The van der Waals surface area contributed by atoms with E-state index in [0.29, 0.717) is 17.9 Å². The molecule has 0 saturated carbocycles. The van der Waals surface area contributed by atoms with Crippen molar-refractivity contribution >= 4 is 5.69 Å². The minimum absolute atomic E-state index is 0.0581. The first-order chi connectivity index (χ1) is 9.61. The molecule has 20 heavy (non-hydrogen) atoms. The fourth-order valence-corrected chi connectivity index (χ4v) is 1.87. The molecule has 0 aliphatic heterocycles. The van der Waals surface area contributed by atoms with Crippen LogP contribution in [0.4, 0.5) is 5.69 Å². The number of ether oxygens (including phenoxy) is 1. The molecule has 104 valence electrons. The summed E-state index contributed by atoms with van der Waals surface area (Å²) in [6.45, 7) is 2.05. The van der Waals surface area contributed by atoms with Gasteiger partial charge in [-0.05, 0) is 24.1 Å². The highest BCUT2D eigenvalue weighted by molar-refractivity contribution is 5.43. The van der Waals surface area contributed by atoms with E-state index in [9.17, 15) is 15.2 Å². The molecular formula is C15H15NO4. The van der Waals surface area contributed by atoms with Crippen LogP contribution in [0.3, 0.4) is 0 Å². The maximum absolute atomic E-state index is 10.7. The number of aryl methyl sites for hydroxylation is 1. The Morgan fingerprint density at radius 1 is 1.20 bits per heavy atom. The minimum Gasteiger partial charge on any atom is -0.489 e. The molecule has 0 bridgehead atoms. The molecule has 2 rings (SSSR count). The predicted molar refractivity (Wildman–Crippen MR) is 74.5 cm³/mol. The standard InChI is InChI=1S/C15H15NO4/c1-11-4-2-3-5-12(11)10-20-15-7-6-14(16(18)19)8-13(15)9-17/h2-8,17H,9-10H2,1H3. The molecule has 0 heterocycles. The summed E-state index contributed by atoms with van der Waals surface area (Å²) in [6, 6.07) is 12.0. The molecule has 0 aromatic heterocycles. The van der Waals surface area contributed by atoms with Gasteiger partial charge in [-0.2, -0.15) is 0 Å². The Morgan fingerprint density at radius 2 is 1.95 bits per heavy atom. The zero-order valence-electron chi connectivity index (χ0n) is 11.1. The van der Waals surface area contributed by atoms with E-state index in [-0.39, 0.29) is 12.3 Å². The largest absolute Gasteiger partial charge is 0.489 e. The second-order valence-corrected chi connectivity index (χ2v) is 4.42. The van der Waals surface area contributed by atoms with E-state index in [0.717, 1.165) is 11.1 Å². The molecule has 0 saturated heterocycles. The number of aliphatic hydroxyl groups excluding tert-OH is 1. The number of rotatable bonds is 5. The average Bonchev–Trinajstić information content (AvgIpc) is 2.46. The molecule has 0 fully saturated rings. The third-order valence-electron chi connectivity index (χ3n) is 3.07. The van der Waals surface area contributed by atoms with E-state index in [1.165, 1.54) is 18.2 Å². The first kappa shape index (κ1) is 14.0. The van der Waals surface area contributed by atoms with Gasteiger partial charge in [0.1, 0.15) is 12.4 Å². The summed E-state index contributed by atoms with van der Waals surface area (Å²) in [6.07, 6.45) is 0. The molecule has 0 radical (unpaired) electrons. The predicted octanol–water partition coefficient (Wildman–Crippen LogP) is 2.97. The van der Waals surface area contributed by atoms with Crippen LogP contribution in [0.1, 0.15) is 16.7 Å². The lowest BCUT2D eigenvalue weighted by Crippen LogP contribution is -2.01. The van der Waals surface area contributed by atoms with Gasteiger partial charge in [-0.1, -0.05) is 24.3 Å². The zero-order valence-corrected chi connectivity index (χ0v) is 11.1. The van der Waals surface area contributed by atoms with Gasteiger partial charge in [0.25, 0.3) is 5.69 Å². The Kier molecular flexibility index (Phi) is 4.32. The molecule has 0 spiro atoms. The summed E-state index contributed by atoms with van der Waals surface area (Å²) >= 11 is 0. The maximum Gasteiger partial charge on any atom is 0.270 e. The number of nitro groups is 1. The number of hydrogen-bond donors (Lipinski definition) is 1. The molecule has 1 N–H and O–H groups in total. The minimum atomic E-state index is -0.496. The van der Waals surface area contributed by atoms with E-state index in [2.05, 4.69) is 0 Å². The lowest BCUT2D eigenvalue weighted by Gasteiger charge is -2.11.